The molecule has 1 aliphatic carbocycles. The highest BCUT2D eigenvalue weighted by Gasteiger charge is 2.39. The van der Waals surface area contributed by atoms with Gasteiger partial charge in [-0.3, -0.25) is 0 Å². The Hall–Kier alpha value is -2.42. The number of ether oxygens (including phenoxy) is 3. The summed E-state index contributed by atoms with van der Waals surface area (Å²) in [6.45, 7) is 1.72. The molecule has 8 heteroatoms. The number of carbonyl (C=O) groups excluding carboxylic acids is 1. The van der Waals surface area contributed by atoms with Crippen molar-refractivity contribution in [2.75, 3.05) is 26.9 Å². The van der Waals surface area contributed by atoms with Crippen molar-refractivity contribution in [3.8, 4) is 0 Å². The Morgan fingerprint density at radius 3 is 2.59 bits per heavy atom. The monoisotopic (exact) mass is 511 g/mol. The zero-order valence-electron chi connectivity index (χ0n) is 22.0. The van der Waals surface area contributed by atoms with Gasteiger partial charge in [-0.2, -0.15) is 5.10 Å². The molecule has 1 aromatic carbocycles. The lowest BCUT2D eigenvalue weighted by atomic mass is 9.82. The number of benzene rings is 1. The Kier molecular flexibility index (Phi) is 8.79. The fraction of sp³-hybridized carbons (Fsp3) is 0.655. The highest BCUT2D eigenvalue weighted by molar-refractivity contribution is 5.68. The van der Waals surface area contributed by atoms with Crippen molar-refractivity contribution in [2.45, 2.75) is 94.6 Å². The second kappa shape index (κ2) is 12.4. The molecule has 202 valence electrons. The molecule has 3 fully saturated rings. The molecular weight excluding hydrogens is 470 g/mol. The first-order valence-corrected chi connectivity index (χ1v) is 14.0. The summed E-state index contributed by atoms with van der Waals surface area (Å²) in [7, 11) is 1.43. The maximum Gasteiger partial charge on any atom is 0.409 e. The third kappa shape index (κ3) is 6.02. The molecule has 2 saturated heterocycles. The largest absolute Gasteiger partial charge is 0.453 e. The van der Waals surface area contributed by atoms with Crippen molar-refractivity contribution in [3.63, 3.8) is 0 Å². The van der Waals surface area contributed by atoms with Crippen LogP contribution < -0.4 is 0 Å². The Bertz CT molecular complexity index is 998. The quantitative estimate of drug-likeness (QED) is 0.555. The third-order valence-corrected chi connectivity index (χ3v) is 8.45. The van der Waals surface area contributed by atoms with E-state index in [9.17, 15) is 9.90 Å². The number of hydrogen-bond donors (Lipinski definition) is 1. The Morgan fingerprint density at radius 1 is 1.08 bits per heavy atom. The van der Waals surface area contributed by atoms with E-state index in [2.05, 4.69) is 30.3 Å². The molecule has 1 amide bonds. The van der Waals surface area contributed by atoms with Crippen molar-refractivity contribution in [1.82, 2.24) is 14.7 Å². The van der Waals surface area contributed by atoms with E-state index in [1.165, 1.54) is 12.7 Å². The number of carbonyl (C=O) groups is 1. The zero-order valence-corrected chi connectivity index (χ0v) is 22.0. The van der Waals surface area contributed by atoms with E-state index in [0.717, 1.165) is 75.7 Å². The summed E-state index contributed by atoms with van der Waals surface area (Å²) in [6, 6.07) is 10.6. The van der Waals surface area contributed by atoms with Gasteiger partial charge >= 0.3 is 6.09 Å². The predicted molar refractivity (Wildman–Crippen MR) is 139 cm³/mol. The van der Waals surface area contributed by atoms with Gasteiger partial charge < -0.3 is 24.2 Å². The van der Waals surface area contributed by atoms with E-state index in [1.54, 1.807) is 4.90 Å². The summed E-state index contributed by atoms with van der Waals surface area (Å²) in [6.07, 6.45) is 10.8. The Morgan fingerprint density at radius 2 is 1.89 bits per heavy atom. The summed E-state index contributed by atoms with van der Waals surface area (Å²) in [5.41, 5.74) is 3.07. The first kappa shape index (κ1) is 26.2. The van der Waals surface area contributed by atoms with Gasteiger partial charge in [0.15, 0.2) is 0 Å². The van der Waals surface area contributed by atoms with Crippen LogP contribution in [0.25, 0.3) is 0 Å². The molecule has 3 heterocycles. The smallest absolute Gasteiger partial charge is 0.409 e. The number of likely N-dealkylation sites (tertiary alicyclic amines) is 1. The zero-order chi connectivity index (χ0) is 25.6. The van der Waals surface area contributed by atoms with Gasteiger partial charge in [-0.1, -0.05) is 30.3 Å². The number of hydrogen-bond acceptors (Lipinski definition) is 6. The van der Waals surface area contributed by atoms with E-state index in [0.29, 0.717) is 19.1 Å². The summed E-state index contributed by atoms with van der Waals surface area (Å²) >= 11 is 0. The van der Waals surface area contributed by atoms with Gasteiger partial charge in [-0.15, -0.1) is 0 Å². The molecule has 0 bridgehead atoms. The minimum absolute atomic E-state index is 0.0273. The van der Waals surface area contributed by atoms with Crippen LogP contribution >= 0.6 is 0 Å². The first-order valence-electron chi connectivity index (χ1n) is 14.0. The highest BCUT2D eigenvalue weighted by atomic mass is 16.5. The lowest BCUT2D eigenvalue weighted by Crippen LogP contribution is -2.50. The van der Waals surface area contributed by atoms with E-state index < -0.39 is 0 Å². The standard InChI is InChI=1S/C29H41N3O5/c1-35-29(34)31-16-7-10-25(28-23(19-33)18-32(30-28)27-11-5-6-17-36-27)26(31)20-37-24-14-12-22(13-15-24)21-8-3-2-4-9-21/h2-4,8-9,18,22,24-27,33H,5-7,10-17,19-20H2,1H3/t22?,24?,25-,26-,27?/m0/s1. The lowest BCUT2D eigenvalue weighted by molar-refractivity contribution is -0.0406. The minimum atomic E-state index is -0.327. The molecule has 3 atom stereocenters. The number of aliphatic hydroxyl groups is 1. The molecule has 1 saturated carbocycles. The molecular formula is C29H41N3O5. The van der Waals surface area contributed by atoms with Gasteiger partial charge in [0.1, 0.15) is 6.23 Å². The maximum absolute atomic E-state index is 12.8. The average molecular weight is 512 g/mol. The van der Waals surface area contributed by atoms with Gasteiger partial charge in [-0.05, 0) is 69.3 Å². The number of aromatic nitrogens is 2. The van der Waals surface area contributed by atoms with Gasteiger partial charge in [-0.25, -0.2) is 9.48 Å². The van der Waals surface area contributed by atoms with E-state index in [1.807, 2.05) is 10.9 Å². The molecule has 0 radical (unpaired) electrons. The molecule has 1 N–H and O–H groups in total. The van der Waals surface area contributed by atoms with Crippen molar-refractivity contribution in [3.05, 3.63) is 53.3 Å². The van der Waals surface area contributed by atoms with Crippen LogP contribution in [0.1, 0.15) is 92.7 Å². The van der Waals surface area contributed by atoms with E-state index in [-0.39, 0.29) is 37.0 Å². The van der Waals surface area contributed by atoms with Crippen molar-refractivity contribution < 1.29 is 24.1 Å². The molecule has 2 aromatic rings. The van der Waals surface area contributed by atoms with Crippen LogP contribution in [0.15, 0.2) is 36.5 Å². The van der Waals surface area contributed by atoms with Gasteiger partial charge in [0, 0.05) is 30.8 Å². The van der Waals surface area contributed by atoms with Crippen molar-refractivity contribution >= 4 is 6.09 Å². The van der Waals surface area contributed by atoms with Gasteiger partial charge in [0.05, 0.1) is 38.2 Å². The number of piperidine rings is 1. The Balaban J connectivity index is 1.29. The predicted octanol–water partition coefficient (Wildman–Crippen LogP) is 5.13. The topological polar surface area (TPSA) is 86.1 Å². The van der Waals surface area contributed by atoms with Crippen LogP contribution in [0.3, 0.4) is 0 Å². The normalized spacial score (nSPS) is 28.7. The number of nitrogens with zero attached hydrogens (tertiary/aromatic N) is 3. The highest BCUT2D eigenvalue weighted by Crippen LogP contribution is 2.38. The fourth-order valence-electron chi connectivity index (χ4n) is 6.41. The van der Waals surface area contributed by atoms with Gasteiger partial charge in [0.25, 0.3) is 0 Å². The summed E-state index contributed by atoms with van der Waals surface area (Å²) in [5.74, 6) is 0.564. The molecule has 3 aliphatic rings. The molecule has 5 rings (SSSR count). The summed E-state index contributed by atoms with van der Waals surface area (Å²) in [5, 5.41) is 15.1. The molecule has 1 unspecified atom stereocenters. The van der Waals surface area contributed by atoms with Crippen molar-refractivity contribution in [1.29, 1.82) is 0 Å². The molecule has 8 nitrogen and oxygen atoms in total. The second-order valence-corrected chi connectivity index (χ2v) is 10.7. The second-order valence-electron chi connectivity index (χ2n) is 10.7. The maximum atomic E-state index is 12.8. The van der Waals surface area contributed by atoms with E-state index >= 15 is 0 Å². The van der Waals surface area contributed by atoms with Crippen LogP contribution in [0.2, 0.25) is 0 Å². The van der Waals surface area contributed by atoms with Crippen LogP contribution in [-0.2, 0) is 20.8 Å². The number of rotatable bonds is 7. The number of aliphatic hydroxyl groups excluding tert-OH is 1. The lowest BCUT2D eigenvalue weighted by Gasteiger charge is -2.41. The van der Waals surface area contributed by atoms with Crippen LogP contribution in [0.5, 0.6) is 0 Å². The summed E-state index contributed by atoms with van der Waals surface area (Å²) < 4.78 is 19.5. The van der Waals surface area contributed by atoms with Crippen molar-refractivity contribution in [2.24, 2.45) is 0 Å². The van der Waals surface area contributed by atoms with Gasteiger partial charge in [0.2, 0.25) is 0 Å². The van der Waals surface area contributed by atoms with Crippen LogP contribution in [0, 0.1) is 0 Å². The molecule has 1 aromatic heterocycles. The number of methoxy groups -OCH3 is 1. The number of amides is 1. The Labute approximate surface area is 219 Å². The van der Waals surface area contributed by atoms with E-state index in [4.69, 9.17) is 19.3 Å². The first-order chi connectivity index (χ1) is 18.2. The SMILES string of the molecule is COC(=O)N1CCC[C@H](c2nn(C3CCCCO3)cc2CO)[C@@H]1COC1CCC(c2ccccc2)CC1. The third-order valence-electron chi connectivity index (χ3n) is 8.45. The van der Waals surface area contributed by atoms with Crippen LogP contribution in [-0.4, -0.2) is 64.9 Å². The fourth-order valence-corrected chi connectivity index (χ4v) is 6.41. The average Bonchev–Trinajstić information content (AvgIpc) is 3.41. The van der Waals surface area contributed by atoms with Crippen LogP contribution in [0.4, 0.5) is 4.79 Å². The minimum Gasteiger partial charge on any atom is -0.453 e. The molecule has 0 spiro atoms. The molecule has 37 heavy (non-hydrogen) atoms. The summed E-state index contributed by atoms with van der Waals surface area (Å²) in [4.78, 5) is 14.6. The molecule has 2 aliphatic heterocycles.